The molecule has 0 radical (unpaired) electrons. The van der Waals surface area contributed by atoms with E-state index in [9.17, 15) is 9.18 Å². The zero-order valence-corrected chi connectivity index (χ0v) is 15.6. The van der Waals surface area contributed by atoms with Crippen LogP contribution in [0.3, 0.4) is 0 Å². The molecule has 0 aliphatic heterocycles. The molecule has 0 bridgehead atoms. The molecule has 0 saturated carbocycles. The first-order valence-corrected chi connectivity index (χ1v) is 8.55. The largest absolute Gasteiger partial charge is 0.459 e. The summed E-state index contributed by atoms with van der Waals surface area (Å²) in [4.78, 5) is 16.2. The number of carbonyl (C=O) groups is 1. The fourth-order valence-corrected chi connectivity index (χ4v) is 2.40. The van der Waals surface area contributed by atoms with E-state index in [2.05, 4.69) is 4.99 Å². The zero-order valence-electron chi connectivity index (χ0n) is 15.6. The standard InChI is InChI=1S/C21H22FN3O3/c1-14(25-21(23)10-11-24-27)20(12-16-6-4-3-5-7-16)28-19-9-8-17(22)13-18(19)15(2)26/h3-14,24,27H,1-2H3,(H2,23,25)/b11-10-,20-12+. The van der Waals surface area contributed by atoms with Crippen molar-refractivity contribution in [2.45, 2.75) is 19.9 Å². The van der Waals surface area contributed by atoms with Crippen LogP contribution in [0, 0.1) is 5.82 Å². The summed E-state index contributed by atoms with van der Waals surface area (Å²) in [6.07, 6.45) is 4.37. The Balaban J connectivity index is 2.44. The Morgan fingerprint density at radius 2 is 2.00 bits per heavy atom. The van der Waals surface area contributed by atoms with Crippen molar-refractivity contribution in [3.8, 4) is 5.75 Å². The summed E-state index contributed by atoms with van der Waals surface area (Å²) >= 11 is 0. The lowest BCUT2D eigenvalue weighted by Crippen LogP contribution is -2.17. The number of rotatable bonds is 8. The summed E-state index contributed by atoms with van der Waals surface area (Å²) in [6.45, 7) is 3.10. The van der Waals surface area contributed by atoms with Gasteiger partial charge in [0.15, 0.2) is 5.78 Å². The fourth-order valence-electron chi connectivity index (χ4n) is 2.40. The van der Waals surface area contributed by atoms with Crippen molar-refractivity contribution in [1.82, 2.24) is 5.48 Å². The zero-order chi connectivity index (χ0) is 20.5. The van der Waals surface area contributed by atoms with Crippen LogP contribution in [0.2, 0.25) is 0 Å². The van der Waals surface area contributed by atoms with Gasteiger partial charge in [-0.15, -0.1) is 0 Å². The van der Waals surface area contributed by atoms with Crippen LogP contribution in [0.4, 0.5) is 4.39 Å². The highest BCUT2D eigenvalue weighted by Gasteiger charge is 2.16. The topological polar surface area (TPSA) is 96.9 Å². The molecule has 0 aromatic heterocycles. The Hall–Kier alpha value is -3.45. The third-order valence-electron chi connectivity index (χ3n) is 3.74. The second kappa shape index (κ2) is 10.0. The molecule has 0 heterocycles. The van der Waals surface area contributed by atoms with Crippen molar-refractivity contribution < 1.29 is 19.1 Å². The smallest absolute Gasteiger partial charge is 0.163 e. The number of benzene rings is 2. The third kappa shape index (κ3) is 6.07. The number of nitrogens with zero attached hydrogens (tertiary/aromatic N) is 1. The van der Waals surface area contributed by atoms with Crippen LogP contribution in [0.5, 0.6) is 5.75 Å². The molecule has 28 heavy (non-hydrogen) atoms. The van der Waals surface area contributed by atoms with E-state index in [1.807, 2.05) is 35.8 Å². The number of carbonyl (C=O) groups excluding carboxylic acids is 1. The number of hydrogen-bond acceptors (Lipinski definition) is 5. The van der Waals surface area contributed by atoms with E-state index in [1.165, 1.54) is 31.3 Å². The Labute approximate surface area is 162 Å². The Kier molecular flexibility index (Phi) is 7.47. The van der Waals surface area contributed by atoms with Crippen LogP contribution in [-0.2, 0) is 0 Å². The Morgan fingerprint density at radius 1 is 1.29 bits per heavy atom. The Bertz CT molecular complexity index is 908. The molecule has 2 aromatic carbocycles. The minimum absolute atomic E-state index is 0.132. The van der Waals surface area contributed by atoms with Gasteiger partial charge in [-0.2, -0.15) is 0 Å². The van der Waals surface area contributed by atoms with Gasteiger partial charge < -0.3 is 10.5 Å². The first-order valence-electron chi connectivity index (χ1n) is 8.55. The highest BCUT2D eigenvalue weighted by atomic mass is 19.1. The number of nitrogens with one attached hydrogen (secondary N) is 1. The van der Waals surface area contributed by atoms with Gasteiger partial charge >= 0.3 is 0 Å². The minimum atomic E-state index is -0.525. The number of aliphatic imine (C=N–C) groups is 1. The van der Waals surface area contributed by atoms with Crippen LogP contribution >= 0.6 is 0 Å². The number of nitrogens with two attached hydrogens (primary N) is 1. The van der Waals surface area contributed by atoms with Gasteiger partial charge in [0.05, 0.1) is 5.56 Å². The molecule has 0 aliphatic carbocycles. The van der Waals surface area contributed by atoms with Crippen molar-refractivity contribution >= 4 is 17.7 Å². The molecular weight excluding hydrogens is 361 g/mol. The minimum Gasteiger partial charge on any atom is -0.459 e. The summed E-state index contributed by atoms with van der Waals surface area (Å²) < 4.78 is 19.5. The third-order valence-corrected chi connectivity index (χ3v) is 3.74. The molecule has 7 heteroatoms. The molecule has 1 unspecified atom stereocenters. The van der Waals surface area contributed by atoms with E-state index in [0.717, 1.165) is 11.6 Å². The van der Waals surface area contributed by atoms with E-state index in [-0.39, 0.29) is 22.9 Å². The maximum Gasteiger partial charge on any atom is 0.163 e. The molecule has 2 rings (SSSR count). The van der Waals surface area contributed by atoms with Gasteiger partial charge in [0, 0.05) is 6.20 Å². The van der Waals surface area contributed by atoms with Crippen molar-refractivity contribution in [2.24, 2.45) is 10.7 Å². The second-order valence-corrected chi connectivity index (χ2v) is 5.95. The first kappa shape index (κ1) is 20.9. The first-order chi connectivity index (χ1) is 13.4. The average Bonchev–Trinajstić information content (AvgIpc) is 2.67. The summed E-state index contributed by atoms with van der Waals surface area (Å²) in [6, 6.07) is 12.6. The van der Waals surface area contributed by atoms with E-state index < -0.39 is 11.9 Å². The molecule has 1 atom stereocenters. The van der Waals surface area contributed by atoms with Crippen molar-refractivity contribution in [2.75, 3.05) is 0 Å². The predicted molar refractivity (Wildman–Crippen MR) is 107 cm³/mol. The van der Waals surface area contributed by atoms with Crippen molar-refractivity contribution in [3.63, 3.8) is 0 Å². The van der Waals surface area contributed by atoms with Gasteiger partial charge in [0.1, 0.15) is 29.2 Å². The number of amidine groups is 1. The van der Waals surface area contributed by atoms with Gasteiger partial charge in [0.25, 0.3) is 0 Å². The predicted octanol–water partition coefficient (Wildman–Crippen LogP) is 3.69. The summed E-state index contributed by atoms with van der Waals surface area (Å²) in [5.41, 5.74) is 8.64. The summed E-state index contributed by atoms with van der Waals surface area (Å²) in [5.74, 6) is -0.0512. The van der Waals surface area contributed by atoms with Crippen LogP contribution < -0.4 is 16.0 Å². The molecule has 6 nitrogen and oxygen atoms in total. The van der Waals surface area contributed by atoms with E-state index in [4.69, 9.17) is 15.7 Å². The lowest BCUT2D eigenvalue weighted by atomic mass is 10.1. The Morgan fingerprint density at radius 3 is 2.64 bits per heavy atom. The maximum atomic E-state index is 13.5. The number of Topliss-reactive ketones (excluding diaryl/α,β-unsaturated/α-hetero) is 1. The van der Waals surface area contributed by atoms with Crippen LogP contribution in [0.15, 0.2) is 71.6 Å². The molecule has 2 aromatic rings. The van der Waals surface area contributed by atoms with E-state index in [0.29, 0.717) is 5.76 Å². The highest BCUT2D eigenvalue weighted by Crippen LogP contribution is 2.25. The molecule has 0 aliphatic rings. The number of ketones is 1. The molecule has 146 valence electrons. The van der Waals surface area contributed by atoms with E-state index >= 15 is 0 Å². The molecule has 4 N–H and O–H groups in total. The normalized spacial score (nSPS) is 13.4. The average molecular weight is 383 g/mol. The molecule has 0 fully saturated rings. The molecule has 0 saturated heterocycles. The molecule has 0 amide bonds. The fraction of sp³-hybridized carbons (Fsp3) is 0.143. The van der Waals surface area contributed by atoms with Crippen LogP contribution in [-0.4, -0.2) is 22.9 Å². The van der Waals surface area contributed by atoms with E-state index in [1.54, 1.807) is 13.0 Å². The summed E-state index contributed by atoms with van der Waals surface area (Å²) in [7, 11) is 0. The monoisotopic (exact) mass is 383 g/mol. The number of hydrogen-bond donors (Lipinski definition) is 3. The van der Waals surface area contributed by atoms with Gasteiger partial charge in [-0.05, 0) is 49.8 Å². The van der Waals surface area contributed by atoms with Gasteiger partial charge in [-0.3, -0.25) is 20.5 Å². The van der Waals surface area contributed by atoms with Crippen molar-refractivity contribution in [3.05, 3.63) is 83.5 Å². The quantitative estimate of drug-likeness (QED) is 0.212. The molecule has 0 spiro atoms. The highest BCUT2D eigenvalue weighted by molar-refractivity contribution is 5.97. The lowest BCUT2D eigenvalue weighted by Gasteiger charge is -2.16. The number of halogens is 1. The van der Waals surface area contributed by atoms with Gasteiger partial charge in [-0.1, -0.05) is 30.3 Å². The number of hydroxylamine groups is 1. The van der Waals surface area contributed by atoms with Crippen molar-refractivity contribution in [1.29, 1.82) is 0 Å². The maximum absolute atomic E-state index is 13.5. The van der Waals surface area contributed by atoms with Gasteiger partial charge in [0.2, 0.25) is 0 Å². The molecular formula is C21H22FN3O3. The van der Waals surface area contributed by atoms with Gasteiger partial charge in [-0.25, -0.2) is 4.39 Å². The summed E-state index contributed by atoms with van der Waals surface area (Å²) in [5, 5.41) is 8.61. The lowest BCUT2D eigenvalue weighted by molar-refractivity contribution is 0.101. The van der Waals surface area contributed by atoms with Crippen LogP contribution in [0.25, 0.3) is 6.08 Å². The van der Waals surface area contributed by atoms with Crippen LogP contribution in [0.1, 0.15) is 29.8 Å². The number of ether oxygens (including phenoxy) is 1. The second-order valence-electron chi connectivity index (χ2n) is 5.95. The SMILES string of the molecule is CC(=O)c1cc(F)ccc1O/C(=C/c1ccccc1)C(C)N=C(N)/C=C\NO.